The highest BCUT2D eigenvalue weighted by Gasteiger charge is 2.13. The van der Waals surface area contributed by atoms with Crippen LogP contribution in [0.4, 0.5) is 5.69 Å². The molecule has 2 N–H and O–H groups in total. The molecule has 0 spiro atoms. The van der Waals surface area contributed by atoms with Gasteiger partial charge in [0.1, 0.15) is 5.75 Å². The highest BCUT2D eigenvalue weighted by atomic mass is 35.5. The molecule has 0 aliphatic carbocycles. The molecule has 0 aliphatic heterocycles. The number of nitrogens with one attached hydrogen (secondary N) is 2. The predicted molar refractivity (Wildman–Crippen MR) is 98.7 cm³/mol. The summed E-state index contributed by atoms with van der Waals surface area (Å²) in [5.41, 5.74) is 1.39. The molecule has 0 saturated heterocycles. The number of carbonyl (C=O) groups excluding carboxylic acids is 2. The first kappa shape index (κ1) is 18.8. The molecule has 6 heteroatoms. The first-order valence-electron chi connectivity index (χ1n) is 8.00. The van der Waals surface area contributed by atoms with E-state index in [2.05, 4.69) is 24.5 Å². The monoisotopic (exact) mass is 360 g/mol. The van der Waals surface area contributed by atoms with Crippen molar-refractivity contribution in [3.05, 3.63) is 59.1 Å². The van der Waals surface area contributed by atoms with Gasteiger partial charge in [0.15, 0.2) is 0 Å². The van der Waals surface area contributed by atoms with E-state index in [-0.39, 0.29) is 6.54 Å². The topological polar surface area (TPSA) is 67.4 Å². The minimum absolute atomic E-state index is 0.255. The van der Waals surface area contributed by atoms with Crippen molar-refractivity contribution in [1.82, 2.24) is 5.32 Å². The number of rotatable bonds is 6. The minimum atomic E-state index is -0.718. The van der Waals surface area contributed by atoms with Crippen LogP contribution in [0, 0.1) is 5.92 Å². The zero-order chi connectivity index (χ0) is 18.2. The van der Waals surface area contributed by atoms with Gasteiger partial charge in [-0.3, -0.25) is 9.59 Å². The molecule has 0 heterocycles. The summed E-state index contributed by atoms with van der Waals surface area (Å²) in [6.45, 7) is 5.01. The van der Waals surface area contributed by atoms with E-state index >= 15 is 0 Å². The van der Waals surface area contributed by atoms with E-state index in [1.54, 1.807) is 48.5 Å². The van der Waals surface area contributed by atoms with Gasteiger partial charge in [-0.1, -0.05) is 37.6 Å². The number of anilines is 1. The molecular weight excluding hydrogens is 340 g/mol. The van der Waals surface area contributed by atoms with Gasteiger partial charge in [0.25, 0.3) is 0 Å². The fourth-order valence-electron chi connectivity index (χ4n) is 1.95. The molecule has 2 amide bonds. The summed E-state index contributed by atoms with van der Waals surface area (Å²) in [5, 5.41) is 5.73. The highest BCUT2D eigenvalue weighted by molar-refractivity contribution is 6.39. The molecule has 0 bridgehead atoms. The molecule has 2 aromatic carbocycles. The van der Waals surface area contributed by atoms with E-state index in [0.717, 1.165) is 11.3 Å². The Balaban J connectivity index is 1.81. The number of hydrogen-bond acceptors (Lipinski definition) is 3. The third-order valence-electron chi connectivity index (χ3n) is 3.27. The van der Waals surface area contributed by atoms with Crippen molar-refractivity contribution in [3.8, 4) is 5.75 Å². The summed E-state index contributed by atoms with van der Waals surface area (Å²) in [6, 6.07) is 13.9. The summed E-state index contributed by atoms with van der Waals surface area (Å²) in [7, 11) is 0. The predicted octanol–water partition coefficient (Wildman–Crippen LogP) is 3.63. The molecule has 0 unspecified atom stereocenters. The Labute approximate surface area is 152 Å². The van der Waals surface area contributed by atoms with E-state index < -0.39 is 11.8 Å². The van der Waals surface area contributed by atoms with Crippen molar-refractivity contribution in [3.63, 3.8) is 0 Å². The van der Waals surface area contributed by atoms with Crippen LogP contribution in [-0.4, -0.2) is 18.4 Å². The molecule has 2 aromatic rings. The standard InChI is InChI=1S/C19H21ClN2O3/c1-13(2)12-25-17-9-7-16(8-10-17)22-19(24)18(23)21-11-14-3-5-15(20)6-4-14/h3-10,13H,11-12H2,1-2H3,(H,21,23)(H,22,24). The lowest BCUT2D eigenvalue weighted by atomic mass is 10.2. The maximum absolute atomic E-state index is 11.9. The molecule has 132 valence electrons. The lowest BCUT2D eigenvalue weighted by Gasteiger charge is -2.10. The van der Waals surface area contributed by atoms with Gasteiger partial charge < -0.3 is 15.4 Å². The zero-order valence-corrected chi connectivity index (χ0v) is 15.0. The van der Waals surface area contributed by atoms with Crippen LogP contribution in [-0.2, 0) is 16.1 Å². The molecule has 0 saturated carbocycles. The van der Waals surface area contributed by atoms with Crippen molar-refractivity contribution in [2.45, 2.75) is 20.4 Å². The van der Waals surface area contributed by atoms with Gasteiger partial charge in [-0.15, -0.1) is 0 Å². The first-order chi connectivity index (χ1) is 11.9. The van der Waals surface area contributed by atoms with Gasteiger partial charge in [0.05, 0.1) is 6.61 Å². The van der Waals surface area contributed by atoms with E-state index in [4.69, 9.17) is 16.3 Å². The van der Waals surface area contributed by atoms with Crippen LogP contribution in [0.1, 0.15) is 19.4 Å². The van der Waals surface area contributed by atoms with Crippen LogP contribution >= 0.6 is 11.6 Å². The van der Waals surface area contributed by atoms with Crippen LogP contribution in [0.3, 0.4) is 0 Å². The molecule has 2 rings (SSSR count). The summed E-state index contributed by atoms with van der Waals surface area (Å²) < 4.78 is 5.57. The van der Waals surface area contributed by atoms with E-state index in [9.17, 15) is 9.59 Å². The third-order valence-corrected chi connectivity index (χ3v) is 3.52. The number of hydrogen-bond donors (Lipinski definition) is 2. The molecule has 25 heavy (non-hydrogen) atoms. The lowest BCUT2D eigenvalue weighted by Crippen LogP contribution is -2.34. The summed E-state index contributed by atoms with van der Waals surface area (Å²) in [5.74, 6) is -0.262. The van der Waals surface area contributed by atoms with Crippen LogP contribution in [0.15, 0.2) is 48.5 Å². The maximum atomic E-state index is 11.9. The van der Waals surface area contributed by atoms with E-state index in [0.29, 0.717) is 23.2 Å². The average Bonchev–Trinajstić information content (AvgIpc) is 2.60. The number of ether oxygens (including phenoxy) is 1. The molecule has 0 atom stereocenters. The van der Waals surface area contributed by atoms with Crippen molar-refractivity contribution in [2.24, 2.45) is 5.92 Å². The summed E-state index contributed by atoms with van der Waals surface area (Å²) in [6.07, 6.45) is 0. The minimum Gasteiger partial charge on any atom is -0.493 e. The quantitative estimate of drug-likeness (QED) is 0.773. The molecule has 0 aromatic heterocycles. The fraction of sp³-hybridized carbons (Fsp3) is 0.263. The largest absolute Gasteiger partial charge is 0.493 e. The van der Waals surface area contributed by atoms with E-state index in [1.165, 1.54) is 0 Å². The molecule has 0 aliphatic rings. The van der Waals surface area contributed by atoms with Gasteiger partial charge >= 0.3 is 11.8 Å². The smallest absolute Gasteiger partial charge is 0.313 e. The van der Waals surface area contributed by atoms with Crippen LogP contribution < -0.4 is 15.4 Å². The second kappa shape index (κ2) is 9.08. The molecule has 5 nitrogen and oxygen atoms in total. The number of carbonyl (C=O) groups is 2. The maximum Gasteiger partial charge on any atom is 0.313 e. The zero-order valence-electron chi connectivity index (χ0n) is 14.2. The molecular formula is C19H21ClN2O3. The Morgan fingerprint density at radius 3 is 2.24 bits per heavy atom. The van der Waals surface area contributed by atoms with Crippen molar-refractivity contribution < 1.29 is 14.3 Å². The molecule has 0 radical (unpaired) electrons. The van der Waals surface area contributed by atoms with Crippen molar-refractivity contribution in [2.75, 3.05) is 11.9 Å². The highest BCUT2D eigenvalue weighted by Crippen LogP contribution is 2.16. The van der Waals surface area contributed by atoms with Crippen LogP contribution in [0.2, 0.25) is 5.02 Å². The Morgan fingerprint density at radius 2 is 1.64 bits per heavy atom. The van der Waals surface area contributed by atoms with E-state index in [1.807, 2.05) is 0 Å². The number of amides is 2. The third kappa shape index (κ3) is 6.47. The van der Waals surface area contributed by atoms with Gasteiger partial charge in [-0.25, -0.2) is 0 Å². The van der Waals surface area contributed by atoms with Gasteiger partial charge in [-0.05, 0) is 47.9 Å². The van der Waals surface area contributed by atoms with Crippen molar-refractivity contribution in [1.29, 1.82) is 0 Å². The Bertz CT molecular complexity index is 712. The second-order valence-electron chi connectivity index (χ2n) is 5.99. The Kier molecular flexibility index (Phi) is 6.83. The van der Waals surface area contributed by atoms with Crippen LogP contribution in [0.5, 0.6) is 5.75 Å². The molecule has 0 fully saturated rings. The van der Waals surface area contributed by atoms with Crippen molar-refractivity contribution >= 4 is 29.1 Å². The first-order valence-corrected chi connectivity index (χ1v) is 8.38. The SMILES string of the molecule is CC(C)COc1ccc(NC(=O)C(=O)NCc2ccc(Cl)cc2)cc1. The lowest BCUT2D eigenvalue weighted by molar-refractivity contribution is -0.136. The number of benzene rings is 2. The van der Waals surface area contributed by atoms with Gasteiger partial charge in [0, 0.05) is 17.3 Å². The normalized spacial score (nSPS) is 10.4. The average molecular weight is 361 g/mol. The number of halogens is 1. The van der Waals surface area contributed by atoms with Gasteiger partial charge in [-0.2, -0.15) is 0 Å². The second-order valence-corrected chi connectivity index (χ2v) is 6.43. The summed E-state index contributed by atoms with van der Waals surface area (Å²) in [4.78, 5) is 23.8. The van der Waals surface area contributed by atoms with Gasteiger partial charge in [0.2, 0.25) is 0 Å². The van der Waals surface area contributed by atoms with Crippen LogP contribution in [0.25, 0.3) is 0 Å². The Hall–Kier alpha value is -2.53. The fourth-order valence-corrected chi connectivity index (χ4v) is 2.08. The summed E-state index contributed by atoms with van der Waals surface area (Å²) >= 11 is 5.80. The Morgan fingerprint density at radius 1 is 1.00 bits per heavy atom.